The molecule has 0 radical (unpaired) electrons. The molecule has 0 aliphatic carbocycles. The molecule has 0 amide bonds. The number of hydrogen-bond donors (Lipinski definition) is 0. The normalized spacial score (nSPS) is 11.7. The molecule has 244 valence electrons. The second-order valence-electron chi connectivity index (χ2n) is 12.7. The van der Waals surface area contributed by atoms with E-state index in [0.29, 0.717) is 6.61 Å². The Kier molecular flexibility index (Phi) is 39.1. The zero-order valence-electron chi connectivity index (χ0n) is 27.7. The summed E-state index contributed by atoms with van der Waals surface area (Å²) in [6.07, 6.45) is 42.3. The van der Waals surface area contributed by atoms with Crippen molar-refractivity contribution in [2.45, 2.75) is 219 Å². The first-order valence-electron chi connectivity index (χ1n) is 18.5. The van der Waals surface area contributed by atoms with Crippen LogP contribution in [0.2, 0.25) is 0 Å². The second-order valence-corrected chi connectivity index (χ2v) is 14.4. The molecule has 0 saturated heterocycles. The van der Waals surface area contributed by atoms with Crippen molar-refractivity contribution in [2.24, 2.45) is 0 Å². The maximum absolute atomic E-state index is 12.1. The Balaban J connectivity index is 0. The van der Waals surface area contributed by atoms with Crippen molar-refractivity contribution in [1.29, 1.82) is 0 Å². The molecule has 3 nitrogen and oxygen atoms in total. The predicted octanol–water partition coefficient (Wildman–Crippen LogP) is 12.2. The minimum atomic E-state index is -3.32. The van der Waals surface area contributed by atoms with E-state index in [2.05, 4.69) is 13.8 Å². The summed E-state index contributed by atoms with van der Waals surface area (Å²) in [7, 11) is -3.32. The summed E-state index contributed by atoms with van der Waals surface area (Å²) in [5, 5.41) is 0. The monoisotopic (exact) mass is 595 g/mol. The van der Waals surface area contributed by atoms with Gasteiger partial charge in [-0.05, 0) is 12.8 Å². The van der Waals surface area contributed by atoms with Crippen LogP contribution in [-0.4, -0.2) is 39.6 Å². The molecule has 0 spiro atoms. The molecule has 0 aliphatic rings. The molecule has 0 aromatic rings. The summed E-state index contributed by atoms with van der Waals surface area (Å²) in [5.74, 6) is 0.197. The van der Waals surface area contributed by atoms with Gasteiger partial charge in [0.25, 0.3) is 10.1 Å². The summed E-state index contributed by atoms with van der Waals surface area (Å²) in [5.41, 5.74) is 0. The Morgan fingerprint density at radius 3 is 0.829 bits per heavy atom. The van der Waals surface area contributed by atoms with E-state index in [-0.39, 0.29) is 24.6 Å². The molecule has 0 atom stereocenters. The van der Waals surface area contributed by atoms with Crippen LogP contribution in [0.25, 0.3) is 0 Å². The van der Waals surface area contributed by atoms with E-state index in [1.54, 1.807) is 0 Å². The molecular formula is C36H75LiO3S. The van der Waals surface area contributed by atoms with Crippen LogP contribution in [0, 0.1) is 0 Å². The van der Waals surface area contributed by atoms with Crippen molar-refractivity contribution >= 4 is 29.0 Å². The van der Waals surface area contributed by atoms with Crippen LogP contribution in [0.15, 0.2) is 0 Å². The Hall–Kier alpha value is 0.507. The van der Waals surface area contributed by atoms with Gasteiger partial charge in [0.2, 0.25) is 0 Å². The first-order valence-corrected chi connectivity index (χ1v) is 20.1. The van der Waals surface area contributed by atoms with Crippen LogP contribution >= 0.6 is 0 Å². The summed E-state index contributed by atoms with van der Waals surface area (Å²) >= 11 is 0. The molecule has 0 bridgehead atoms. The summed E-state index contributed by atoms with van der Waals surface area (Å²) in [4.78, 5) is 0. The van der Waals surface area contributed by atoms with Crippen molar-refractivity contribution < 1.29 is 12.6 Å². The van der Waals surface area contributed by atoms with E-state index in [0.717, 1.165) is 32.1 Å². The number of rotatable bonds is 35. The molecule has 5 heteroatoms. The molecule has 0 heterocycles. The van der Waals surface area contributed by atoms with E-state index >= 15 is 0 Å². The average molecular weight is 595 g/mol. The van der Waals surface area contributed by atoms with Gasteiger partial charge >= 0.3 is 18.9 Å². The van der Waals surface area contributed by atoms with Gasteiger partial charge in [-0.3, -0.25) is 4.18 Å². The Bertz CT molecular complexity index is 567. The van der Waals surface area contributed by atoms with Gasteiger partial charge in [0.15, 0.2) is 0 Å². The summed E-state index contributed by atoms with van der Waals surface area (Å²) < 4.78 is 29.3. The molecule has 0 unspecified atom stereocenters. The van der Waals surface area contributed by atoms with Crippen molar-refractivity contribution in [3.8, 4) is 0 Å². The number of unbranched alkanes of at least 4 members (excludes halogenated alkanes) is 30. The zero-order valence-corrected chi connectivity index (χ0v) is 28.5. The minimum absolute atomic E-state index is 0. The molecule has 0 rings (SSSR count). The van der Waals surface area contributed by atoms with Crippen LogP contribution < -0.4 is 0 Å². The van der Waals surface area contributed by atoms with E-state index in [9.17, 15) is 8.42 Å². The van der Waals surface area contributed by atoms with Crippen molar-refractivity contribution in [3.63, 3.8) is 0 Å². The maximum atomic E-state index is 12.1. The third-order valence-electron chi connectivity index (χ3n) is 8.51. The summed E-state index contributed by atoms with van der Waals surface area (Å²) in [6.45, 7) is 4.92. The molecule has 0 aromatic heterocycles. The molecule has 0 fully saturated rings. The molecule has 0 aromatic carbocycles. The molecule has 0 saturated carbocycles. The van der Waals surface area contributed by atoms with Crippen molar-refractivity contribution in [2.75, 3.05) is 12.4 Å². The Labute approximate surface area is 272 Å². The third kappa shape index (κ3) is 38.5. The molecule has 0 aliphatic heterocycles. The van der Waals surface area contributed by atoms with Crippen LogP contribution in [0.3, 0.4) is 0 Å². The summed E-state index contributed by atoms with van der Waals surface area (Å²) in [6, 6.07) is 0. The number of hydrogen-bond acceptors (Lipinski definition) is 3. The quantitative estimate of drug-likeness (QED) is 0.0416. The van der Waals surface area contributed by atoms with Gasteiger partial charge in [0.05, 0.1) is 12.4 Å². The molecular weight excluding hydrogens is 519 g/mol. The first-order chi connectivity index (χ1) is 19.6. The van der Waals surface area contributed by atoms with Gasteiger partial charge in [-0.25, -0.2) is 0 Å². The van der Waals surface area contributed by atoms with Gasteiger partial charge in [0, 0.05) is 0 Å². The fraction of sp³-hybridized carbons (Fsp3) is 1.00. The van der Waals surface area contributed by atoms with Gasteiger partial charge < -0.3 is 0 Å². The average Bonchev–Trinajstić information content (AvgIpc) is 2.94. The van der Waals surface area contributed by atoms with Gasteiger partial charge in [-0.15, -0.1) is 0 Å². The Morgan fingerprint density at radius 1 is 0.341 bits per heavy atom. The van der Waals surface area contributed by atoms with Crippen LogP contribution in [0.5, 0.6) is 0 Å². The third-order valence-corrected chi connectivity index (χ3v) is 9.82. The fourth-order valence-corrected chi connectivity index (χ4v) is 6.77. The van der Waals surface area contributed by atoms with Crippen LogP contribution in [0.4, 0.5) is 0 Å². The topological polar surface area (TPSA) is 43.4 Å². The first kappa shape index (κ1) is 43.6. The van der Waals surface area contributed by atoms with Crippen LogP contribution in [-0.2, 0) is 14.3 Å². The predicted molar refractivity (Wildman–Crippen MR) is 186 cm³/mol. The van der Waals surface area contributed by atoms with Gasteiger partial charge in [-0.1, -0.05) is 206 Å². The van der Waals surface area contributed by atoms with E-state index in [1.165, 1.54) is 173 Å². The SMILES string of the molecule is CCCCCCCCCCCCCCCCCCCCCCCCOS(=O)(=O)CCCCCCCCCCCC.[LiH]. The van der Waals surface area contributed by atoms with Gasteiger partial charge in [0.1, 0.15) is 0 Å². The second kappa shape index (κ2) is 36.7. The van der Waals surface area contributed by atoms with E-state index in [1.807, 2.05) is 0 Å². The van der Waals surface area contributed by atoms with Crippen molar-refractivity contribution in [3.05, 3.63) is 0 Å². The molecule has 0 N–H and O–H groups in total. The standard InChI is InChI=1S/C36H74O3S.Li.H/c1-3-5-7-9-11-13-15-16-17-18-19-20-21-22-23-24-25-26-27-29-31-33-35-39-40(37,38)36-34-32-30-28-14-12-10-8-6-4-2;;/h3-36H2,1-2H3;;. The van der Waals surface area contributed by atoms with E-state index in [4.69, 9.17) is 4.18 Å². The van der Waals surface area contributed by atoms with Crippen molar-refractivity contribution in [1.82, 2.24) is 0 Å². The Morgan fingerprint density at radius 2 is 0.561 bits per heavy atom. The van der Waals surface area contributed by atoms with Gasteiger partial charge in [-0.2, -0.15) is 8.42 Å². The van der Waals surface area contributed by atoms with Crippen LogP contribution in [0.1, 0.15) is 219 Å². The van der Waals surface area contributed by atoms with E-state index < -0.39 is 10.1 Å². The molecule has 41 heavy (non-hydrogen) atoms. The fourth-order valence-electron chi connectivity index (χ4n) is 5.72. The zero-order chi connectivity index (χ0) is 29.2.